The van der Waals surface area contributed by atoms with Gasteiger partial charge >= 0.3 is 0 Å². The third kappa shape index (κ3) is 1.19. The van der Waals surface area contributed by atoms with Gasteiger partial charge in [0.2, 0.25) is 5.91 Å². The normalized spacial score (nSPS) is 21.1. The Balaban J connectivity index is 2.20. The lowest BCUT2D eigenvalue weighted by Crippen LogP contribution is -2.27. The molecule has 2 nitrogen and oxygen atoms in total. The fraction of sp³-hybridized carbons (Fsp3) is 0.417. The molecule has 0 radical (unpaired) electrons. The topological polar surface area (TPSA) is 29.1 Å². The first-order chi connectivity index (χ1) is 7.11. The minimum absolute atomic E-state index is 0.0169. The molecule has 3 rings (SSSR count). The van der Waals surface area contributed by atoms with Gasteiger partial charge in [0.05, 0.1) is 0 Å². The monoisotopic (exact) mass is 205 g/mol. The SMILES string of the molecule is Cc1cc2c(cc1F)NC(=O)CC21CC1. The number of nitrogens with one attached hydrogen (secondary N) is 1. The van der Waals surface area contributed by atoms with Crippen molar-refractivity contribution in [3.05, 3.63) is 29.1 Å². The second-order valence-electron chi connectivity index (χ2n) is 4.65. The van der Waals surface area contributed by atoms with Crippen molar-refractivity contribution >= 4 is 11.6 Å². The molecule has 1 spiro atoms. The second kappa shape index (κ2) is 2.60. The molecule has 0 unspecified atom stereocenters. The maximum atomic E-state index is 13.4. The summed E-state index contributed by atoms with van der Waals surface area (Å²) in [7, 11) is 0. The van der Waals surface area contributed by atoms with E-state index < -0.39 is 0 Å². The van der Waals surface area contributed by atoms with Crippen molar-refractivity contribution in [3.63, 3.8) is 0 Å². The minimum atomic E-state index is -0.244. The predicted molar refractivity (Wildman–Crippen MR) is 55.3 cm³/mol. The highest BCUT2D eigenvalue weighted by Crippen LogP contribution is 2.55. The van der Waals surface area contributed by atoms with Crippen LogP contribution in [0.4, 0.5) is 10.1 Å². The van der Waals surface area contributed by atoms with Crippen molar-refractivity contribution in [3.8, 4) is 0 Å². The van der Waals surface area contributed by atoms with E-state index in [0.29, 0.717) is 17.7 Å². The Bertz CT molecular complexity index is 463. The van der Waals surface area contributed by atoms with Crippen molar-refractivity contribution in [2.45, 2.75) is 31.6 Å². The Morgan fingerprint density at radius 3 is 2.80 bits per heavy atom. The average molecular weight is 205 g/mol. The second-order valence-corrected chi connectivity index (χ2v) is 4.65. The summed E-state index contributed by atoms with van der Waals surface area (Å²) in [5, 5.41) is 2.74. The zero-order chi connectivity index (χ0) is 10.6. The van der Waals surface area contributed by atoms with E-state index in [0.717, 1.165) is 18.4 Å². The lowest BCUT2D eigenvalue weighted by Gasteiger charge is -2.25. The average Bonchev–Trinajstić information content (AvgIpc) is 2.90. The standard InChI is InChI=1S/C12H12FNO/c1-7-4-8-10(5-9(7)13)14-11(15)6-12(8)2-3-12/h4-5H,2-3,6H2,1H3,(H,14,15). The van der Waals surface area contributed by atoms with Gasteiger partial charge in [-0.15, -0.1) is 0 Å². The van der Waals surface area contributed by atoms with E-state index in [9.17, 15) is 9.18 Å². The molecule has 1 N–H and O–H groups in total. The lowest BCUT2D eigenvalue weighted by atomic mass is 9.86. The summed E-state index contributed by atoms with van der Waals surface area (Å²) in [6.07, 6.45) is 2.67. The molecule has 0 aromatic heterocycles. The van der Waals surface area contributed by atoms with Crippen LogP contribution in [0, 0.1) is 12.7 Å². The number of aryl methyl sites for hydroxylation is 1. The van der Waals surface area contributed by atoms with Gasteiger partial charge in [-0.05, 0) is 37.0 Å². The molecule has 2 aliphatic rings. The molecule has 3 heteroatoms. The molecule has 1 aromatic rings. The van der Waals surface area contributed by atoms with Crippen LogP contribution < -0.4 is 5.32 Å². The number of halogens is 1. The molecule has 1 aliphatic carbocycles. The summed E-state index contributed by atoms with van der Waals surface area (Å²) in [6.45, 7) is 1.77. The molecule has 1 aliphatic heterocycles. The van der Waals surface area contributed by atoms with Gasteiger partial charge in [-0.1, -0.05) is 6.07 Å². The number of rotatable bonds is 0. The highest BCUT2D eigenvalue weighted by Gasteiger charge is 2.49. The third-order valence-corrected chi connectivity index (χ3v) is 3.50. The van der Waals surface area contributed by atoms with Crippen molar-refractivity contribution in [1.82, 2.24) is 0 Å². The number of hydrogen-bond donors (Lipinski definition) is 1. The Morgan fingerprint density at radius 2 is 2.13 bits per heavy atom. The first kappa shape index (κ1) is 8.89. The molecule has 15 heavy (non-hydrogen) atoms. The highest BCUT2D eigenvalue weighted by atomic mass is 19.1. The number of carbonyl (C=O) groups excluding carboxylic acids is 1. The molecule has 1 amide bonds. The van der Waals surface area contributed by atoms with Gasteiger partial charge in [-0.2, -0.15) is 0 Å². The number of fused-ring (bicyclic) bond motifs is 2. The summed E-state index contributed by atoms with van der Waals surface area (Å²) in [5.74, 6) is -0.227. The summed E-state index contributed by atoms with van der Waals surface area (Å²) >= 11 is 0. The Kier molecular flexibility index (Phi) is 1.54. The summed E-state index contributed by atoms with van der Waals surface area (Å²) < 4.78 is 13.4. The number of carbonyl (C=O) groups is 1. The third-order valence-electron chi connectivity index (χ3n) is 3.50. The van der Waals surface area contributed by atoms with Gasteiger partial charge in [-0.25, -0.2) is 4.39 Å². The van der Waals surface area contributed by atoms with E-state index in [-0.39, 0.29) is 17.1 Å². The molecule has 78 valence electrons. The van der Waals surface area contributed by atoms with E-state index >= 15 is 0 Å². The van der Waals surface area contributed by atoms with Crippen LogP contribution in [0.25, 0.3) is 0 Å². The fourth-order valence-corrected chi connectivity index (χ4v) is 2.42. The molecule has 0 saturated heterocycles. The zero-order valence-corrected chi connectivity index (χ0v) is 8.56. The molecule has 0 atom stereocenters. The number of benzene rings is 1. The van der Waals surface area contributed by atoms with Gasteiger partial charge in [0.25, 0.3) is 0 Å². The van der Waals surface area contributed by atoms with Crippen LogP contribution in [0.1, 0.15) is 30.4 Å². The Labute approximate surface area is 87.5 Å². The fourth-order valence-electron chi connectivity index (χ4n) is 2.42. The first-order valence-corrected chi connectivity index (χ1v) is 5.21. The Hall–Kier alpha value is -1.38. The van der Waals surface area contributed by atoms with Crippen LogP contribution in [0.15, 0.2) is 12.1 Å². The smallest absolute Gasteiger partial charge is 0.225 e. The van der Waals surface area contributed by atoms with E-state index in [2.05, 4.69) is 5.32 Å². The zero-order valence-electron chi connectivity index (χ0n) is 8.56. The molecular weight excluding hydrogens is 193 g/mol. The first-order valence-electron chi connectivity index (χ1n) is 5.21. The maximum Gasteiger partial charge on any atom is 0.225 e. The van der Waals surface area contributed by atoms with Gasteiger partial charge < -0.3 is 5.32 Å². The number of anilines is 1. The van der Waals surface area contributed by atoms with Gasteiger partial charge in [0.15, 0.2) is 0 Å². The van der Waals surface area contributed by atoms with Crippen LogP contribution in [0.2, 0.25) is 0 Å². The van der Waals surface area contributed by atoms with Crippen molar-refractivity contribution in [2.75, 3.05) is 5.32 Å². The molecule has 1 heterocycles. The number of hydrogen-bond acceptors (Lipinski definition) is 1. The largest absolute Gasteiger partial charge is 0.326 e. The lowest BCUT2D eigenvalue weighted by molar-refractivity contribution is -0.117. The predicted octanol–water partition coefficient (Wildman–Crippen LogP) is 2.51. The minimum Gasteiger partial charge on any atom is -0.326 e. The maximum absolute atomic E-state index is 13.4. The van der Waals surface area contributed by atoms with E-state index in [1.54, 1.807) is 6.92 Å². The molecule has 0 bridgehead atoms. The van der Waals surface area contributed by atoms with E-state index in [1.807, 2.05) is 6.07 Å². The van der Waals surface area contributed by atoms with Crippen molar-refractivity contribution < 1.29 is 9.18 Å². The Morgan fingerprint density at radius 1 is 1.40 bits per heavy atom. The summed E-state index contributed by atoms with van der Waals surface area (Å²) in [6, 6.07) is 3.33. The van der Waals surface area contributed by atoms with Crippen molar-refractivity contribution in [2.24, 2.45) is 0 Å². The number of amides is 1. The molecule has 1 aromatic carbocycles. The molecule has 1 fully saturated rings. The van der Waals surface area contributed by atoms with Crippen LogP contribution in [-0.2, 0) is 10.2 Å². The summed E-state index contributed by atoms with van der Waals surface area (Å²) in [5.41, 5.74) is 2.50. The van der Waals surface area contributed by atoms with Crippen LogP contribution in [0.5, 0.6) is 0 Å². The van der Waals surface area contributed by atoms with Crippen LogP contribution in [-0.4, -0.2) is 5.91 Å². The van der Waals surface area contributed by atoms with Gasteiger partial charge in [-0.3, -0.25) is 4.79 Å². The van der Waals surface area contributed by atoms with Crippen molar-refractivity contribution in [1.29, 1.82) is 0 Å². The van der Waals surface area contributed by atoms with Gasteiger partial charge in [0.1, 0.15) is 5.82 Å². The van der Waals surface area contributed by atoms with E-state index in [4.69, 9.17) is 0 Å². The molecule has 1 saturated carbocycles. The van der Waals surface area contributed by atoms with Gasteiger partial charge in [0, 0.05) is 17.5 Å². The van der Waals surface area contributed by atoms with E-state index in [1.165, 1.54) is 6.07 Å². The highest BCUT2D eigenvalue weighted by molar-refractivity contribution is 5.96. The quantitative estimate of drug-likeness (QED) is 0.692. The van der Waals surface area contributed by atoms with Crippen LogP contribution in [0.3, 0.4) is 0 Å². The molecular formula is C12H12FNO. The summed E-state index contributed by atoms with van der Waals surface area (Å²) in [4.78, 5) is 11.4. The van der Waals surface area contributed by atoms with Crippen LogP contribution >= 0.6 is 0 Å².